The lowest BCUT2D eigenvalue weighted by molar-refractivity contribution is -0.133. The first-order valence-corrected chi connectivity index (χ1v) is 9.76. The second kappa shape index (κ2) is 8.54. The topological polar surface area (TPSA) is 59.3 Å². The zero-order valence-electron chi connectivity index (χ0n) is 15.9. The summed E-state index contributed by atoms with van der Waals surface area (Å²) in [6, 6.07) is 7.86. The fourth-order valence-corrected chi connectivity index (χ4v) is 4.04. The average molecular weight is 358 g/mol. The quantitative estimate of drug-likeness (QED) is 0.824. The van der Waals surface area contributed by atoms with Crippen molar-refractivity contribution in [2.45, 2.75) is 45.7 Å². The number of imidazole rings is 1. The molecule has 142 valence electrons. The van der Waals surface area contributed by atoms with E-state index in [-0.39, 0.29) is 11.6 Å². The normalized spacial score (nSPS) is 17.8. The highest BCUT2D eigenvalue weighted by Gasteiger charge is 2.23. The van der Waals surface area contributed by atoms with Crippen LogP contribution in [0.5, 0.6) is 0 Å². The predicted octanol–water partition coefficient (Wildman–Crippen LogP) is 2.06. The molecule has 1 atom stereocenters. The van der Waals surface area contributed by atoms with Gasteiger partial charge < -0.3 is 10.2 Å². The molecule has 1 fully saturated rings. The van der Waals surface area contributed by atoms with Crippen LogP contribution >= 0.6 is 0 Å². The minimum absolute atomic E-state index is 0.00689. The van der Waals surface area contributed by atoms with Gasteiger partial charge in [0.15, 0.2) is 0 Å². The van der Waals surface area contributed by atoms with Crippen LogP contribution in [0.15, 0.2) is 29.1 Å². The molecule has 1 N–H and O–H groups in total. The molecule has 6 nitrogen and oxygen atoms in total. The Kier molecular flexibility index (Phi) is 6.14. The number of hydrogen-bond donors (Lipinski definition) is 1. The summed E-state index contributed by atoms with van der Waals surface area (Å²) in [5.41, 5.74) is 1.87. The van der Waals surface area contributed by atoms with E-state index in [2.05, 4.69) is 12.2 Å². The van der Waals surface area contributed by atoms with E-state index in [4.69, 9.17) is 0 Å². The van der Waals surface area contributed by atoms with E-state index in [1.165, 1.54) is 6.42 Å². The Morgan fingerprint density at radius 2 is 1.88 bits per heavy atom. The van der Waals surface area contributed by atoms with Gasteiger partial charge in [-0.05, 0) is 50.9 Å². The molecule has 1 unspecified atom stereocenters. The molecule has 1 aromatic heterocycles. The maximum Gasteiger partial charge on any atom is 0.329 e. The Morgan fingerprint density at radius 1 is 1.19 bits per heavy atom. The number of piperidine rings is 1. The molecule has 0 aliphatic carbocycles. The summed E-state index contributed by atoms with van der Waals surface area (Å²) in [6.45, 7) is 5.84. The van der Waals surface area contributed by atoms with Gasteiger partial charge >= 0.3 is 5.69 Å². The van der Waals surface area contributed by atoms with Crippen LogP contribution in [0.1, 0.15) is 32.6 Å². The summed E-state index contributed by atoms with van der Waals surface area (Å²) in [5, 5.41) is 3.21. The Balaban J connectivity index is 1.72. The van der Waals surface area contributed by atoms with E-state index in [1.807, 2.05) is 40.8 Å². The van der Waals surface area contributed by atoms with Gasteiger partial charge in [-0.2, -0.15) is 0 Å². The van der Waals surface area contributed by atoms with Crippen molar-refractivity contribution in [1.82, 2.24) is 19.4 Å². The number of amides is 1. The molecule has 1 saturated heterocycles. The van der Waals surface area contributed by atoms with Crippen molar-refractivity contribution in [2.24, 2.45) is 5.92 Å². The number of likely N-dealkylation sites (tertiary alicyclic amines) is 1. The number of para-hydroxylation sites is 2. The molecule has 26 heavy (non-hydrogen) atoms. The van der Waals surface area contributed by atoms with Gasteiger partial charge in [-0.3, -0.25) is 13.9 Å². The molecular weight excluding hydrogens is 328 g/mol. The summed E-state index contributed by atoms with van der Waals surface area (Å²) >= 11 is 0. The number of carbonyl (C=O) groups is 1. The summed E-state index contributed by atoms with van der Waals surface area (Å²) in [4.78, 5) is 27.5. The van der Waals surface area contributed by atoms with Crippen LogP contribution in [0.3, 0.4) is 0 Å². The van der Waals surface area contributed by atoms with Gasteiger partial charge in [0.05, 0.1) is 11.0 Å². The lowest BCUT2D eigenvalue weighted by Gasteiger charge is -2.32. The van der Waals surface area contributed by atoms with Gasteiger partial charge in [0.2, 0.25) is 5.91 Å². The molecule has 0 radical (unpaired) electrons. The Hall–Kier alpha value is -2.08. The first-order valence-electron chi connectivity index (χ1n) is 9.76. The molecular formula is C20H30N4O2. The first kappa shape index (κ1) is 18.7. The van der Waals surface area contributed by atoms with Crippen molar-refractivity contribution in [2.75, 3.05) is 26.7 Å². The van der Waals surface area contributed by atoms with Crippen molar-refractivity contribution in [3.05, 3.63) is 34.7 Å². The lowest BCUT2D eigenvalue weighted by atomic mass is 9.98. The monoisotopic (exact) mass is 358 g/mol. The van der Waals surface area contributed by atoms with E-state index < -0.39 is 0 Å². The molecule has 3 rings (SSSR count). The number of aromatic nitrogens is 2. The Morgan fingerprint density at radius 3 is 2.54 bits per heavy atom. The van der Waals surface area contributed by atoms with Gasteiger partial charge in [0.25, 0.3) is 0 Å². The van der Waals surface area contributed by atoms with E-state index in [0.717, 1.165) is 43.5 Å². The number of nitrogens with one attached hydrogen (secondary N) is 1. The highest BCUT2D eigenvalue weighted by molar-refractivity contribution is 5.78. The van der Waals surface area contributed by atoms with Crippen molar-refractivity contribution < 1.29 is 4.79 Å². The number of aryl methyl sites for hydroxylation is 2. The number of carbonyl (C=O) groups excluding carboxylic acids is 1. The smallest absolute Gasteiger partial charge is 0.329 e. The maximum atomic E-state index is 12.8. The molecule has 0 saturated carbocycles. The van der Waals surface area contributed by atoms with E-state index >= 15 is 0 Å². The highest BCUT2D eigenvalue weighted by atomic mass is 16.2. The summed E-state index contributed by atoms with van der Waals surface area (Å²) in [7, 11) is 1.96. The van der Waals surface area contributed by atoms with Crippen LogP contribution in [0.4, 0.5) is 0 Å². The molecule has 0 bridgehead atoms. The Labute approximate surface area is 154 Å². The summed E-state index contributed by atoms with van der Waals surface area (Å²) in [5.74, 6) is 0.692. The fourth-order valence-electron chi connectivity index (χ4n) is 4.04. The number of rotatable bonds is 7. The predicted molar refractivity (Wildman–Crippen MR) is 104 cm³/mol. The molecule has 2 heterocycles. The molecule has 0 spiro atoms. The average Bonchev–Trinajstić information content (AvgIpc) is 2.92. The molecule has 6 heteroatoms. The molecule has 1 aliphatic rings. The van der Waals surface area contributed by atoms with Gasteiger partial charge in [-0.25, -0.2) is 4.79 Å². The largest absolute Gasteiger partial charge is 0.342 e. The maximum absolute atomic E-state index is 12.8. The van der Waals surface area contributed by atoms with Crippen molar-refractivity contribution in [3.8, 4) is 0 Å². The van der Waals surface area contributed by atoms with Crippen LogP contribution in [0.25, 0.3) is 11.0 Å². The summed E-state index contributed by atoms with van der Waals surface area (Å²) in [6.07, 6.45) is 3.53. The van der Waals surface area contributed by atoms with Crippen LogP contribution in [-0.4, -0.2) is 46.6 Å². The second-order valence-corrected chi connectivity index (χ2v) is 7.23. The van der Waals surface area contributed by atoms with Crippen LogP contribution in [0, 0.1) is 5.92 Å². The Bertz CT molecular complexity index is 806. The number of fused-ring (bicyclic) bond motifs is 1. The third-order valence-corrected chi connectivity index (χ3v) is 5.29. The zero-order chi connectivity index (χ0) is 18.5. The highest BCUT2D eigenvalue weighted by Crippen LogP contribution is 2.18. The lowest BCUT2D eigenvalue weighted by Crippen LogP contribution is -2.42. The zero-order valence-corrected chi connectivity index (χ0v) is 15.9. The van der Waals surface area contributed by atoms with Crippen molar-refractivity contribution in [3.63, 3.8) is 0 Å². The fraction of sp³-hybridized carbons (Fsp3) is 0.600. The minimum Gasteiger partial charge on any atom is -0.342 e. The SMILES string of the molecule is CCCn1c(=O)n(CCC(=O)N2CCCC(CNC)C2)c2ccccc21. The number of benzene rings is 1. The summed E-state index contributed by atoms with van der Waals surface area (Å²) < 4.78 is 3.58. The molecule has 1 amide bonds. The van der Waals surface area contributed by atoms with Crippen LogP contribution in [0.2, 0.25) is 0 Å². The van der Waals surface area contributed by atoms with Crippen LogP contribution in [-0.2, 0) is 17.9 Å². The third-order valence-electron chi connectivity index (χ3n) is 5.29. The third kappa shape index (κ3) is 3.85. The molecule has 1 aliphatic heterocycles. The van der Waals surface area contributed by atoms with E-state index in [9.17, 15) is 9.59 Å². The van der Waals surface area contributed by atoms with Crippen LogP contribution < -0.4 is 11.0 Å². The number of hydrogen-bond acceptors (Lipinski definition) is 3. The van der Waals surface area contributed by atoms with E-state index in [0.29, 0.717) is 25.4 Å². The van der Waals surface area contributed by atoms with E-state index in [1.54, 1.807) is 4.57 Å². The van der Waals surface area contributed by atoms with Gasteiger partial charge in [-0.1, -0.05) is 19.1 Å². The van der Waals surface area contributed by atoms with Gasteiger partial charge in [0.1, 0.15) is 0 Å². The number of nitrogens with zero attached hydrogens (tertiary/aromatic N) is 3. The second-order valence-electron chi connectivity index (χ2n) is 7.23. The molecule has 2 aromatic rings. The molecule has 1 aromatic carbocycles. The van der Waals surface area contributed by atoms with Crippen molar-refractivity contribution >= 4 is 16.9 Å². The first-order chi connectivity index (χ1) is 12.7. The standard InChI is InChI=1S/C20H30N4O2/c1-3-11-23-17-8-4-5-9-18(17)24(20(23)26)13-10-19(25)22-12-6-7-16(15-22)14-21-2/h4-5,8-9,16,21H,3,6-7,10-15H2,1-2H3. The minimum atomic E-state index is -0.00689. The van der Waals surface area contributed by atoms with Crippen molar-refractivity contribution in [1.29, 1.82) is 0 Å². The van der Waals surface area contributed by atoms with Gasteiger partial charge in [0, 0.05) is 32.6 Å². The van der Waals surface area contributed by atoms with Gasteiger partial charge in [-0.15, -0.1) is 0 Å².